The van der Waals surface area contributed by atoms with Gasteiger partial charge in [0, 0.05) is 18.4 Å². The summed E-state index contributed by atoms with van der Waals surface area (Å²) >= 11 is 0. The molecule has 0 fully saturated rings. The molecule has 0 heterocycles. The molecular formula is C13H12F2O. The summed E-state index contributed by atoms with van der Waals surface area (Å²) in [6.45, 7) is 1.73. The third kappa shape index (κ3) is 2.03. The van der Waals surface area contributed by atoms with Crippen LogP contribution < -0.4 is 0 Å². The van der Waals surface area contributed by atoms with Crippen LogP contribution in [0.5, 0.6) is 0 Å². The number of ketones is 1. The highest BCUT2D eigenvalue weighted by Gasteiger charge is 2.21. The van der Waals surface area contributed by atoms with Crippen LogP contribution in [0.3, 0.4) is 0 Å². The van der Waals surface area contributed by atoms with Gasteiger partial charge in [0.1, 0.15) is 11.6 Å². The maximum absolute atomic E-state index is 13.5. The van der Waals surface area contributed by atoms with Crippen LogP contribution >= 0.6 is 0 Å². The minimum atomic E-state index is -0.575. The number of hydrogen-bond donors (Lipinski definition) is 0. The Labute approximate surface area is 92.8 Å². The molecule has 16 heavy (non-hydrogen) atoms. The quantitative estimate of drug-likeness (QED) is 0.712. The largest absolute Gasteiger partial charge is 0.295 e. The summed E-state index contributed by atoms with van der Waals surface area (Å²) in [5.74, 6) is -1.12. The average molecular weight is 222 g/mol. The van der Waals surface area contributed by atoms with E-state index in [0.717, 1.165) is 6.07 Å². The second-order valence-corrected chi connectivity index (χ2v) is 4.08. The lowest BCUT2D eigenvalue weighted by Gasteiger charge is -2.19. The van der Waals surface area contributed by atoms with E-state index in [0.29, 0.717) is 24.0 Å². The minimum absolute atomic E-state index is 0.110. The molecule has 0 saturated heterocycles. The fourth-order valence-corrected chi connectivity index (χ4v) is 2.01. The Morgan fingerprint density at radius 1 is 1.31 bits per heavy atom. The lowest BCUT2D eigenvalue weighted by molar-refractivity contribution is -0.116. The smallest absolute Gasteiger partial charge is 0.158 e. The molecule has 0 aliphatic heterocycles. The van der Waals surface area contributed by atoms with Crippen LogP contribution in [0.1, 0.15) is 31.2 Å². The highest BCUT2D eigenvalue weighted by Crippen LogP contribution is 2.31. The van der Waals surface area contributed by atoms with Gasteiger partial charge in [-0.1, -0.05) is 12.1 Å². The summed E-state index contributed by atoms with van der Waals surface area (Å²) in [6.07, 6.45) is 2.80. The van der Waals surface area contributed by atoms with Crippen molar-refractivity contribution in [3.05, 3.63) is 47.0 Å². The number of carbonyl (C=O) groups excluding carboxylic acids is 1. The fraction of sp³-hybridized carbons (Fsp3) is 0.308. The summed E-state index contributed by atoms with van der Waals surface area (Å²) in [5, 5.41) is 0. The van der Waals surface area contributed by atoms with Crippen molar-refractivity contribution in [2.24, 2.45) is 0 Å². The Balaban J connectivity index is 2.35. The van der Waals surface area contributed by atoms with Crippen molar-refractivity contribution >= 4 is 5.78 Å². The lowest BCUT2D eigenvalue weighted by Crippen LogP contribution is -2.12. The van der Waals surface area contributed by atoms with Crippen LogP contribution in [0.25, 0.3) is 0 Å². The van der Waals surface area contributed by atoms with E-state index < -0.39 is 11.6 Å². The number of benzene rings is 1. The molecule has 0 spiro atoms. The molecule has 1 aliphatic carbocycles. The molecule has 1 aliphatic rings. The SMILES string of the molecule is CC1=C[C@H](c2ccc(F)cc2F)CCC1=O. The summed E-state index contributed by atoms with van der Waals surface area (Å²) in [7, 11) is 0. The van der Waals surface area contributed by atoms with Crippen molar-refractivity contribution in [3.8, 4) is 0 Å². The molecule has 0 aromatic heterocycles. The molecule has 0 bridgehead atoms. The molecule has 0 unspecified atom stereocenters. The van der Waals surface area contributed by atoms with Crippen molar-refractivity contribution < 1.29 is 13.6 Å². The molecule has 1 atom stereocenters. The Morgan fingerprint density at radius 3 is 2.69 bits per heavy atom. The van der Waals surface area contributed by atoms with E-state index >= 15 is 0 Å². The molecule has 0 saturated carbocycles. The summed E-state index contributed by atoms with van der Waals surface area (Å²) in [4.78, 5) is 11.3. The van der Waals surface area contributed by atoms with E-state index in [-0.39, 0.29) is 11.7 Å². The van der Waals surface area contributed by atoms with Gasteiger partial charge in [0.15, 0.2) is 5.78 Å². The maximum Gasteiger partial charge on any atom is 0.158 e. The Hall–Kier alpha value is -1.51. The third-order valence-electron chi connectivity index (χ3n) is 2.94. The Kier molecular flexibility index (Phi) is 2.86. The Morgan fingerprint density at radius 2 is 2.06 bits per heavy atom. The van der Waals surface area contributed by atoms with Crippen LogP contribution in [0.15, 0.2) is 29.8 Å². The number of carbonyl (C=O) groups is 1. The van der Waals surface area contributed by atoms with Gasteiger partial charge < -0.3 is 0 Å². The molecule has 0 N–H and O–H groups in total. The van der Waals surface area contributed by atoms with Crippen LogP contribution in [-0.4, -0.2) is 5.78 Å². The highest BCUT2D eigenvalue weighted by atomic mass is 19.1. The van der Waals surface area contributed by atoms with Crippen LogP contribution in [0.4, 0.5) is 8.78 Å². The fourth-order valence-electron chi connectivity index (χ4n) is 2.01. The van der Waals surface area contributed by atoms with Gasteiger partial charge in [0.05, 0.1) is 0 Å². The Bertz CT molecular complexity index is 463. The van der Waals surface area contributed by atoms with Crippen molar-refractivity contribution in [1.29, 1.82) is 0 Å². The topological polar surface area (TPSA) is 17.1 Å². The van der Waals surface area contributed by atoms with Gasteiger partial charge in [0.2, 0.25) is 0 Å². The molecule has 2 rings (SSSR count). The van der Waals surface area contributed by atoms with E-state index in [1.807, 2.05) is 0 Å². The zero-order chi connectivity index (χ0) is 11.7. The molecule has 84 valence electrons. The van der Waals surface area contributed by atoms with Crippen molar-refractivity contribution in [2.75, 3.05) is 0 Å². The van der Waals surface area contributed by atoms with Gasteiger partial charge in [-0.25, -0.2) is 8.78 Å². The molecule has 0 amide bonds. The zero-order valence-electron chi connectivity index (χ0n) is 8.97. The number of hydrogen-bond acceptors (Lipinski definition) is 1. The van der Waals surface area contributed by atoms with Crippen molar-refractivity contribution in [1.82, 2.24) is 0 Å². The van der Waals surface area contributed by atoms with Crippen molar-refractivity contribution in [2.45, 2.75) is 25.7 Å². The standard InChI is InChI=1S/C13H12F2O/c1-8-6-9(2-5-13(8)16)11-4-3-10(14)7-12(11)15/h3-4,6-7,9H,2,5H2,1H3/t9-/m1/s1. The number of halogens is 2. The number of allylic oxidation sites excluding steroid dienone is 2. The first-order valence-electron chi connectivity index (χ1n) is 5.24. The third-order valence-corrected chi connectivity index (χ3v) is 2.94. The van der Waals surface area contributed by atoms with Gasteiger partial charge in [-0.2, -0.15) is 0 Å². The highest BCUT2D eigenvalue weighted by molar-refractivity contribution is 5.95. The van der Waals surface area contributed by atoms with E-state index in [1.165, 1.54) is 12.1 Å². The first-order valence-corrected chi connectivity index (χ1v) is 5.24. The predicted octanol–water partition coefficient (Wildman–Crippen LogP) is 3.36. The van der Waals surface area contributed by atoms with E-state index in [9.17, 15) is 13.6 Å². The monoisotopic (exact) mass is 222 g/mol. The minimum Gasteiger partial charge on any atom is -0.295 e. The predicted molar refractivity (Wildman–Crippen MR) is 57.1 cm³/mol. The molecule has 3 heteroatoms. The van der Waals surface area contributed by atoms with Gasteiger partial charge in [-0.15, -0.1) is 0 Å². The second-order valence-electron chi connectivity index (χ2n) is 4.08. The summed E-state index contributed by atoms with van der Waals surface area (Å²) in [6, 6.07) is 3.59. The first-order chi connectivity index (χ1) is 7.58. The molecule has 1 aromatic carbocycles. The second kappa shape index (κ2) is 4.16. The summed E-state index contributed by atoms with van der Waals surface area (Å²) < 4.78 is 26.2. The first kappa shape index (κ1) is 11.0. The van der Waals surface area contributed by atoms with Gasteiger partial charge in [-0.05, 0) is 30.5 Å². The molecule has 1 nitrogen and oxygen atoms in total. The number of rotatable bonds is 1. The molecular weight excluding hydrogens is 210 g/mol. The molecule has 1 aromatic rings. The normalized spacial score (nSPS) is 20.8. The van der Waals surface area contributed by atoms with E-state index in [2.05, 4.69) is 0 Å². The molecule has 0 radical (unpaired) electrons. The lowest BCUT2D eigenvalue weighted by atomic mass is 9.85. The van der Waals surface area contributed by atoms with Crippen LogP contribution in [-0.2, 0) is 4.79 Å². The van der Waals surface area contributed by atoms with Gasteiger partial charge in [-0.3, -0.25) is 4.79 Å². The van der Waals surface area contributed by atoms with Gasteiger partial charge >= 0.3 is 0 Å². The maximum atomic E-state index is 13.5. The van der Waals surface area contributed by atoms with Crippen molar-refractivity contribution in [3.63, 3.8) is 0 Å². The zero-order valence-corrected chi connectivity index (χ0v) is 8.97. The van der Waals surface area contributed by atoms with E-state index in [1.54, 1.807) is 13.0 Å². The average Bonchev–Trinajstić information content (AvgIpc) is 2.22. The van der Waals surface area contributed by atoms with E-state index in [4.69, 9.17) is 0 Å². The van der Waals surface area contributed by atoms with Crippen LogP contribution in [0.2, 0.25) is 0 Å². The number of Topliss-reactive ketones (excluding diaryl/α,β-unsaturated/α-hetero) is 1. The van der Waals surface area contributed by atoms with Gasteiger partial charge in [0.25, 0.3) is 0 Å². The van der Waals surface area contributed by atoms with Crippen LogP contribution in [0, 0.1) is 11.6 Å². The summed E-state index contributed by atoms with van der Waals surface area (Å²) in [5.41, 5.74) is 1.13.